The minimum Gasteiger partial charge on any atom is -0.320 e. The number of carbonyl (C=O) groups is 1. The van der Waals surface area contributed by atoms with Gasteiger partial charge in [-0.25, -0.2) is 9.07 Å². The molecule has 0 atom stereocenters. The molecule has 4 rings (SSSR count). The summed E-state index contributed by atoms with van der Waals surface area (Å²) in [6.07, 6.45) is 6.17. The Labute approximate surface area is 193 Å². The van der Waals surface area contributed by atoms with Crippen LogP contribution in [0, 0.1) is 12.7 Å². The van der Waals surface area contributed by atoms with Crippen molar-refractivity contribution in [2.24, 2.45) is 0 Å². The second-order valence-corrected chi connectivity index (χ2v) is 8.68. The van der Waals surface area contributed by atoms with E-state index in [0.717, 1.165) is 5.56 Å². The van der Waals surface area contributed by atoms with E-state index in [-0.39, 0.29) is 11.4 Å². The van der Waals surface area contributed by atoms with Crippen molar-refractivity contribution in [2.45, 2.75) is 51.6 Å². The van der Waals surface area contributed by atoms with Crippen LogP contribution in [0.1, 0.15) is 53.8 Å². The van der Waals surface area contributed by atoms with E-state index in [1.165, 1.54) is 48.9 Å². The summed E-state index contributed by atoms with van der Waals surface area (Å²) in [6.45, 7) is 2.35. The summed E-state index contributed by atoms with van der Waals surface area (Å²) in [4.78, 5) is 28.0. The van der Waals surface area contributed by atoms with Crippen molar-refractivity contribution < 1.29 is 9.18 Å². The molecule has 172 valence electrons. The first-order valence-electron chi connectivity index (χ1n) is 11.4. The molecule has 1 heterocycles. The van der Waals surface area contributed by atoms with Crippen LogP contribution < -0.4 is 10.7 Å². The average molecular weight is 449 g/mol. The Bertz CT molecular complexity index is 1200. The van der Waals surface area contributed by atoms with Gasteiger partial charge in [-0.05, 0) is 50.6 Å². The molecule has 1 aromatic heterocycles. The molecular weight excluding hydrogens is 419 g/mol. The van der Waals surface area contributed by atoms with Gasteiger partial charge in [0.05, 0.1) is 0 Å². The molecule has 0 radical (unpaired) electrons. The van der Waals surface area contributed by atoms with E-state index < -0.39 is 17.2 Å². The number of anilines is 1. The standard InChI is InChI=1S/C26H29FN4O2/c1-18-16-24(32)25(29-31(18)23-15-9-7-13-21(23)27)26(33)28-22-14-8-6-10-19(22)17-30(2)20-11-4-3-5-12-20/h6-10,13-16,20H,3-5,11-12,17H2,1-2H3,(H,28,33). The molecule has 0 aliphatic heterocycles. The van der Waals surface area contributed by atoms with Crippen LogP contribution in [0.2, 0.25) is 0 Å². The molecule has 2 aromatic carbocycles. The van der Waals surface area contributed by atoms with Crippen molar-refractivity contribution in [3.63, 3.8) is 0 Å². The molecule has 0 unspecified atom stereocenters. The number of carbonyl (C=O) groups excluding carboxylic acids is 1. The molecule has 0 saturated heterocycles. The molecule has 1 saturated carbocycles. The van der Waals surface area contributed by atoms with Gasteiger partial charge in [0.15, 0.2) is 5.69 Å². The molecule has 1 N–H and O–H groups in total. The third kappa shape index (κ3) is 5.20. The van der Waals surface area contributed by atoms with Crippen LogP contribution in [-0.2, 0) is 6.54 Å². The van der Waals surface area contributed by atoms with Crippen molar-refractivity contribution in [2.75, 3.05) is 12.4 Å². The Balaban J connectivity index is 1.59. The molecule has 0 bridgehead atoms. The number of aromatic nitrogens is 2. The van der Waals surface area contributed by atoms with Gasteiger partial charge in [0.2, 0.25) is 5.43 Å². The maximum Gasteiger partial charge on any atom is 0.280 e. The summed E-state index contributed by atoms with van der Waals surface area (Å²) in [5.41, 5.74) is 1.45. The molecule has 0 spiro atoms. The SMILES string of the molecule is Cc1cc(=O)c(C(=O)Nc2ccccc2CN(C)C2CCCCC2)nn1-c1ccccc1F. The Hall–Kier alpha value is -3.32. The number of nitrogens with zero attached hydrogens (tertiary/aromatic N) is 3. The van der Waals surface area contributed by atoms with E-state index in [9.17, 15) is 14.0 Å². The van der Waals surface area contributed by atoms with E-state index in [2.05, 4.69) is 22.4 Å². The predicted octanol–water partition coefficient (Wildman–Crippen LogP) is 4.70. The molecule has 6 nitrogen and oxygen atoms in total. The van der Waals surface area contributed by atoms with E-state index >= 15 is 0 Å². The van der Waals surface area contributed by atoms with Gasteiger partial charge in [-0.1, -0.05) is 49.6 Å². The van der Waals surface area contributed by atoms with Crippen LogP contribution in [0.5, 0.6) is 0 Å². The van der Waals surface area contributed by atoms with Gasteiger partial charge in [-0.2, -0.15) is 5.10 Å². The summed E-state index contributed by atoms with van der Waals surface area (Å²) in [5.74, 6) is -1.10. The highest BCUT2D eigenvalue weighted by Crippen LogP contribution is 2.25. The highest BCUT2D eigenvalue weighted by Gasteiger charge is 2.21. The smallest absolute Gasteiger partial charge is 0.280 e. The van der Waals surface area contributed by atoms with Gasteiger partial charge in [-0.3, -0.25) is 14.5 Å². The lowest BCUT2D eigenvalue weighted by molar-refractivity contribution is 0.101. The molecule has 33 heavy (non-hydrogen) atoms. The topological polar surface area (TPSA) is 67.2 Å². The fourth-order valence-electron chi connectivity index (χ4n) is 4.45. The Morgan fingerprint density at radius 1 is 1.12 bits per heavy atom. The van der Waals surface area contributed by atoms with Crippen LogP contribution in [0.4, 0.5) is 10.1 Å². The zero-order chi connectivity index (χ0) is 23.4. The lowest BCUT2D eigenvalue weighted by Gasteiger charge is -2.31. The van der Waals surface area contributed by atoms with Gasteiger partial charge < -0.3 is 5.32 Å². The van der Waals surface area contributed by atoms with Crippen LogP contribution in [0.3, 0.4) is 0 Å². The second kappa shape index (κ2) is 10.1. The fourth-order valence-corrected chi connectivity index (χ4v) is 4.45. The first kappa shape index (κ1) is 22.9. The van der Waals surface area contributed by atoms with Crippen molar-refractivity contribution >= 4 is 11.6 Å². The van der Waals surface area contributed by atoms with Crippen molar-refractivity contribution in [1.29, 1.82) is 0 Å². The zero-order valence-electron chi connectivity index (χ0n) is 19.1. The summed E-state index contributed by atoms with van der Waals surface area (Å²) >= 11 is 0. The quantitative estimate of drug-likeness (QED) is 0.594. The van der Waals surface area contributed by atoms with Gasteiger partial charge in [0.1, 0.15) is 11.5 Å². The number of hydrogen-bond acceptors (Lipinski definition) is 4. The molecule has 1 fully saturated rings. The Kier molecular flexibility index (Phi) is 6.99. The molecule has 7 heteroatoms. The van der Waals surface area contributed by atoms with E-state index in [1.54, 1.807) is 25.1 Å². The number of nitrogens with one attached hydrogen (secondary N) is 1. The van der Waals surface area contributed by atoms with Crippen LogP contribution >= 0.6 is 0 Å². The Morgan fingerprint density at radius 2 is 1.82 bits per heavy atom. The highest BCUT2D eigenvalue weighted by atomic mass is 19.1. The minimum atomic E-state index is -0.613. The second-order valence-electron chi connectivity index (χ2n) is 8.68. The first-order valence-corrected chi connectivity index (χ1v) is 11.4. The average Bonchev–Trinajstić information content (AvgIpc) is 2.81. The van der Waals surface area contributed by atoms with Crippen LogP contribution in [-0.4, -0.2) is 33.7 Å². The number of hydrogen-bond donors (Lipinski definition) is 1. The first-order chi connectivity index (χ1) is 15.9. The summed E-state index contributed by atoms with van der Waals surface area (Å²) in [6, 6.07) is 15.6. The summed E-state index contributed by atoms with van der Waals surface area (Å²) < 4.78 is 15.6. The lowest BCUT2D eigenvalue weighted by Crippen LogP contribution is -2.33. The highest BCUT2D eigenvalue weighted by molar-refractivity contribution is 6.03. The molecular formula is C26H29FN4O2. The Morgan fingerprint density at radius 3 is 2.58 bits per heavy atom. The largest absolute Gasteiger partial charge is 0.320 e. The number of aryl methyl sites for hydroxylation is 1. The van der Waals surface area contributed by atoms with Crippen molar-refractivity contribution in [3.8, 4) is 5.69 Å². The zero-order valence-corrected chi connectivity index (χ0v) is 19.1. The summed E-state index contributed by atoms with van der Waals surface area (Å²) in [7, 11) is 2.11. The fraction of sp³-hybridized carbons (Fsp3) is 0.346. The maximum atomic E-state index is 14.3. The molecule has 1 aliphatic carbocycles. The van der Waals surface area contributed by atoms with Gasteiger partial charge in [-0.15, -0.1) is 0 Å². The third-order valence-electron chi connectivity index (χ3n) is 6.29. The van der Waals surface area contributed by atoms with Crippen molar-refractivity contribution in [3.05, 3.63) is 87.6 Å². The molecule has 3 aromatic rings. The minimum absolute atomic E-state index is 0.179. The van der Waals surface area contributed by atoms with E-state index in [4.69, 9.17) is 0 Å². The van der Waals surface area contributed by atoms with Gasteiger partial charge >= 0.3 is 0 Å². The molecule has 1 amide bonds. The lowest BCUT2D eigenvalue weighted by atomic mass is 9.94. The van der Waals surface area contributed by atoms with E-state index in [0.29, 0.717) is 24.0 Å². The number of rotatable bonds is 6. The summed E-state index contributed by atoms with van der Waals surface area (Å²) in [5, 5.41) is 7.06. The van der Waals surface area contributed by atoms with Gasteiger partial charge in [0, 0.05) is 30.0 Å². The maximum absolute atomic E-state index is 14.3. The van der Waals surface area contributed by atoms with E-state index in [1.807, 2.05) is 24.3 Å². The molecule has 1 aliphatic rings. The van der Waals surface area contributed by atoms with Crippen LogP contribution in [0.25, 0.3) is 5.69 Å². The van der Waals surface area contributed by atoms with Gasteiger partial charge in [0.25, 0.3) is 5.91 Å². The number of benzene rings is 2. The predicted molar refractivity (Wildman–Crippen MR) is 127 cm³/mol. The van der Waals surface area contributed by atoms with Crippen LogP contribution in [0.15, 0.2) is 59.4 Å². The monoisotopic (exact) mass is 448 g/mol. The normalized spacial score (nSPS) is 14.4. The third-order valence-corrected chi connectivity index (χ3v) is 6.29. The number of amides is 1. The van der Waals surface area contributed by atoms with Crippen molar-refractivity contribution in [1.82, 2.24) is 14.7 Å². The number of para-hydroxylation sites is 2. The number of halogens is 1.